The molecule has 0 aliphatic heterocycles. The fourth-order valence-electron chi connectivity index (χ4n) is 1.67. The van der Waals surface area contributed by atoms with Gasteiger partial charge in [0.05, 0.1) is 0 Å². The summed E-state index contributed by atoms with van der Waals surface area (Å²) in [4.78, 5) is 22.6. The quantitative estimate of drug-likeness (QED) is 0.757. The van der Waals surface area contributed by atoms with Crippen LogP contribution in [0.3, 0.4) is 0 Å². The average Bonchev–Trinajstić information content (AvgIpc) is 2.50. The van der Waals surface area contributed by atoms with Gasteiger partial charge in [-0.05, 0) is 48.5 Å². The van der Waals surface area contributed by atoms with Gasteiger partial charge in [-0.2, -0.15) is 13.2 Å². The number of amides is 3. The van der Waals surface area contributed by atoms with Gasteiger partial charge in [0, 0.05) is 22.1 Å². The van der Waals surface area contributed by atoms with Crippen molar-refractivity contribution in [3.8, 4) is 0 Å². The van der Waals surface area contributed by atoms with E-state index in [1.807, 2.05) is 0 Å². The maximum absolute atomic E-state index is 12.1. The van der Waals surface area contributed by atoms with Gasteiger partial charge in [0.15, 0.2) is 0 Å². The molecule has 0 aliphatic carbocycles. The zero-order chi connectivity index (χ0) is 17.7. The van der Waals surface area contributed by atoms with E-state index in [0.29, 0.717) is 16.4 Å². The highest BCUT2D eigenvalue weighted by Crippen LogP contribution is 2.20. The lowest BCUT2D eigenvalue weighted by Crippen LogP contribution is -2.29. The topological polar surface area (TPSA) is 70.2 Å². The molecule has 3 N–H and O–H groups in total. The van der Waals surface area contributed by atoms with Crippen LogP contribution in [0.25, 0.3) is 0 Å². The number of anilines is 3. The average molecular weight is 358 g/mol. The van der Waals surface area contributed by atoms with Crippen LogP contribution in [0.1, 0.15) is 0 Å². The molecule has 126 valence electrons. The minimum Gasteiger partial charge on any atom is -0.318 e. The zero-order valence-electron chi connectivity index (χ0n) is 11.9. The van der Waals surface area contributed by atoms with Crippen molar-refractivity contribution in [3.63, 3.8) is 0 Å². The fraction of sp³-hybridized carbons (Fsp3) is 0.0667. The zero-order valence-corrected chi connectivity index (χ0v) is 12.7. The number of benzene rings is 2. The third-order valence-corrected chi connectivity index (χ3v) is 3.01. The molecule has 2 rings (SSSR count). The number of nitrogens with one attached hydrogen (secondary N) is 3. The van der Waals surface area contributed by atoms with Crippen LogP contribution in [0.2, 0.25) is 5.02 Å². The van der Waals surface area contributed by atoms with Crippen LogP contribution in [0.5, 0.6) is 0 Å². The predicted octanol–water partition coefficient (Wildman–Crippen LogP) is 4.48. The van der Waals surface area contributed by atoms with E-state index in [1.54, 1.807) is 29.6 Å². The van der Waals surface area contributed by atoms with Crippen molar-refractivity contribution in [1.82, 2.24) is 0 Å². The Kier molecular flexibility index (Phi) is 5.30. The summed E-state index contributed by atoms with van der Waals surface area (Å²) in [6.07, 6.45) is -4.96. The van der Waals surface area contributed by atoms with Gasteiger partial charge in [-0.15, -0.1) is 0 Å². The first-order valence-electron chi connectivity index (χ1n) is 6.56. The van der Waals surface area contributed by atoms with Crippen LogP contribution in [0, 0.1) is 0 Å². The Morgan fingerprint density at radius 1 is 0.750 bits per heavy atom. The minimum absolute atomic E-state index is 0.0408. The maximum Gasteiger partial charge on any atom is 0.471 e. The summed E-state index contributed by atoms with van der Waals surface area (Å²) in [7, 11) is 0. The van der Waals surface area contributed by atoms with Gasteiger partial charge in [-0.25, -0.2) is 4.79 Å². The Bertz CT molecular complexity index is 731. The molecule has 0 saturated heterocycles. The summed E-state index contributed by atoms with van der Waals surface area (Å²) in [6, 6.07) is 11.1. The number of hydrogen-bond acceptors (Lipinski definition) is 2. The first kappa shape index (κ1) is 17.6. The number of carbonyl (C=O) groups excluding carboxylic acids is 2. The highest BCUT2D eigenvalue weighted by Gasteiger charge is 2.38. The van der Waals surface area contributed by atoms with E-state index in [1.165, 1.54) is 24.3 Å². The molecule has 0 radical (unpaired) electrons. The van der Waals surface area contributed by atoms with E-state index < -0.39 is 18.1 Å². The number of hydrogen-bond donors (Lipinski definition) is 3. The molecule has 0 saturated carbocycles. The Morgan fingerprint density at radius 2 is 1.12 bits per heavy atom. The van der Waals surface area contributed by atoms with Gasteiger partial charge in [0.25, 0.3) is 0 Å². The molecular weight excluding hydrogens is 347 g/mol. The highest BCUT2D eigenvalue weighted by molar-refractivity contribution is 6.30. The van der Waals surface area contributed by atoms with Gasteiger partial charge in [0.1, 0.15) is 0 Å². The molecule has 2 aromatic rings. The van der Waals surface area contributed by atoms with Crippen molar-refractivity contribution in [2.24, 2.45) is 0 Å². The molecule has 5 nitrogen and oxygen atoms in total. The van der Waals surface area contributed by atoms with Crippen LogP contribution in [0.15, 0.2) is 48.5 Å². The second-order valence-electron chi connectivity index (χ2n) is 4.62. The number of carbonyl (C=O) groups is 2. The first-order valence-corrected chi connectivity index (χ1v) is 6.93. The minimum atomic E-state index is -4.96. The van der Waals surface area contributed by atoms with E-state index in [2.05, 4.69) is 10.6 Å². The number of urea groups is 1. The summed E-state index contributed by atoms with van der Waals surface area (Å²) in [5, 5.41) is 7.28. The van der Waals surface area contributed by atoms with Crippen molar-refractivity contribution in [3.05, 3.63) is 53.6 Å². The number of halogens is 4. The van der Waals surface area contributed by atoms with Gasteiger partial charge in [0.2, 0.25) is 0 Å². The van der Waals surface area contributed by atoms with Gasteiger partial charge in [-0.3, -0.25) is 4.79 Å². The van der Waals surface area contributed by atoms with Crippen LogP contribution in [-0.2, 0) is 4.79 Å². The maximum atomic E-state index is 12.1. The van der Waals surface area contributed by atoms with Crippen LogP contribution in [-0.4, -0.2) is 18.1 Å². The molecule has 0 heterocycles. The van der Waals surface area contributed by atoms with E-state index in [4.69, 9.17) is 11.6 Å². The molecule has 0 atom stereocenters. The molecule has 0 unspecified atom stereocenters. The lowest BCUT2D eigenvalue weighted by molar-refractivity contribution is -0.167. The Morgan fingerprint density at radius 3 is 1.54 bits per heavy atom. The van der Waals surface area contributed by atoms with Crippen molar-refractivity contribution in [1.29, 1.82) is 0 Å². The summed E-state index contributed by atoms with van der Waals surface area (Å²) in [5.41, 5.74) is 0.818. The van der Waals surface area contributed by atoms with Crippen LogP contribution < -0.4 is 16.0 Å². The largest absolute Gasteiger partial charge is 0.471 e. The molecule has 3 amide bonds. The second-order valence-corrected chi connectivity index (χ2v) is 5.05. The first-order chi connectivity index (χ1) is 11.2. The van der Waals surface area contributed by atoms with Gasteiger partial charge < -0.3 is 16.0 Å². The van der Waals surface area contributed by atoms with Crippen molar-refractivity contribution in [2.45, 2.75) is 6.18 Å². The summed E-state index contributed by atoms with van der Waals surface area (Å²) in [6.45, 7) is 0. The molecule has 0 aliphatic rings. The van der Waals surface area contributed by atoms with Crippen molar-refractivity contribution < 1.29 is 22.8 Å². The van der Waals surface area contributed by atoms with E-state index in [9.17, 15) is 22.8 Å². The fourth-order valence-corrected chi connectivity index (χ4v) is 1.79. The molecule has 0 aromatic heterocycles. The third-order valence-electron chi connectivity index (χ3n) is 2.76. The lowest BCUT2D eigenvalue weighted by atomic mass is 10.2. The van der Waals surface area contributed by atoms with Crippen LogP contribution in [0.4, 0.5) is 35.0 Å². The molecule has 9 heteroatoms. The molecule has 0 fully saturated rings. The van der Waals surface area contributed by atoms with Crippen LogP contribution >= 0.6 is 11.6 Å². The molecule has 2 aromatic carbocycles. The van der Waals surface area contributed by atoms with E-state index >= 15 is 0 Å². The van der Waals surface area contributed by atoms with Gasteiger partial charge >= 0.3 is 18.1 Å². The third kappa shape index (κ3) is 5.17. The summed E-state index contributed by atoms with van der Waals surface area (Å²) in [5.74, 6) is -2.07. The number of alkyl halides is 3. The molecular formula is C15H11ClF3N3O2. The summed E-state index contributed by atoms with van der Waals surface area (Å²) < 4.78 is 36.4. The SMILES string of the molecule is O=C(Nc1ccc(Cl)cc1)Nc1ccc(NC(=O)C(F)(F)F)cc1. The Hall–Kier alpha value is -2.74. The Balaban J connectivity index is 1.92. The molecule has 24 heavy (non-hydrogen) atoms. The molecule has 0 bridgehead atoms. The number of rotatable bonds is 3. The van der Waals surface area contributed by atoms with E-state index in [0.717, 1.165) is 0 Å². The second kappa shape index (κ2) is 7.22. The van der Waals surface area contributed by atoms with Crippen molar-refractivity contribution >= 4 is 40.6 Å². The highest BCUT2D eigenvalue weighted by atomic mass is 35.5. The normalized spacial score (nSPS) is 10.8. The summed E-state index contributed by atoms with van der Waals surface area (Å²) >= 11 is 5.73. The van der Waals surface area contributed by atoms with E-state index in [-0.39, 0.29) is 5.69 Å². The smallest absolute Gasteiger partial charge is 0.318 e. The molecule has 0 spiro atoms. The standard InChI is InChI=1S/C15H11ClF3N3O2/c16-9-1-3-11(4-2-9)21-14(24)22-12-7-5-10(6-8-12)20-13(23)15(17,18)19/h1-8H,(H,20,23)(H2,21,22,24). The lowest BCUT2D eigenvalue weighted by Gasteiger charge is -2.10. The van der Waals surface area contributed by atoms with Gasteiger partial charge in [-0.1, -0.05) is 11.6 Å². The Labute approximate surface area is 139 Å². The predicted molar refractivity (Wildman–Crippen MR) is 85.2 cm³/mol. The van der Waals surface area contributed by atoms with Crippen molar-refractivity contribution in [2.75, 3.05) is 16.0 Å². The monoisotopic (exact) mass is 357 g/mol.